The first kappa shape index (κ1) is 15.3. The monoisotopic (exact) mass is 290 g/mol. The molecule has 114 valence electrons. The topological polar surface area (TPSA) is 93.3 Å². The number of aromatic nitrogens is 2. The van der Waals surface area contributed by atoms with E-state index in [1.807, 2.05) is 18.2 Å². The third-order valence-electron chi connectivity index (χ3n) is 3.38. The van der Waals surface area contributed by atoms with Gasteiger partial charge in [0.05, 0.1) is 12.6 Å². The number of ether oxygens (including phenoxy) is 1. The number of aliphatic hydroxyl groups is 1. The predicted octanol–water partition coefficient (Wildman–Crippen LogP) is 2.18. The molecule has 0 aliphatic heterocycles. The normalized spacial score (nSPS) is 12.3. The zero-order chi connectivity index (χ0) is 15.2. The van der Waals surface area contributed by atoms with Crippen molar-refractivity contribution in [1.82, 2.24) is 9.97 Å². The summed E-state index contributed by atoms with van der Waals surface area (Å²) in [7, 11) is 1.61. The molecular formula is C15H22N4O2. The molecule has 0 saturated carbocycles. The summed E-state index contributed by atoms with van der Waals surface area (Å²) < 4.78 is 5.21. The van der Waals surface area contributed by atoms with E-state index in [0.29, 0.717) is 12.2 Å². The Morgan fingerprint density at radius 1 is 1.33 bits per heavy atom. The second-order valence-corrected chi connectivity index (χ2v) is 4.96. The average molecular weight is 290 g/mol. The largest absolute Gasteiger partial charge is 0.497 e. The van der Waals surface area contributed by atoms with Crippen molar-refractivity contribution in [3.05, 3.63) is 18.2 Å². The number of nitrogens with zero attached hydrogens (tertiary/aromatic N) is 2. The lowest BCUT2D eigenvalue weighted by molar-refractivity contribution is 0.276. The van der Waals surface area contributed by atoms with E-state index < -0.39 is 0 Å². The Bertz CT molecular complexity index is 597. The quantitative estimate of drug-likeness (QED) is 0.723. The summed E-state index contributed by atoms with van der Waals surface area (Å²) in [5, 5.41) is 13.4. The van der Waals surface area contributed by atoms with Crippen molar-refractivity contribution in [2.45, 2.75) is 32.2 Å². The SMILES string of the molecule is CCCC(CCO)Nc1nc(N)nc2cc(OC)ccc12. The van der Waals surface area contributed by atoms with Crippen LogP contribution in [0.5, 0.6) is 5.75 Å². The maximum absolute atomic E-state index is 9.16. The second kappa shape index (κ2) is 7.08. The van der Waals surface area contributed by atoms with E-state index in [1.165, 1.54) is 0 Å². The van der Waals surface area contributed by atoms with Crippen molar-refractivity contribution < 1.29 is 9.84 Å². The molecule has 6 heteroatoms. The van der Waals surface area contributed by atoms with Crippen LogP contribution >= 0.6 is 0 Å². The van der Waals surface area contributed by atoms with Crippen LogP contribution < -0.4 is 15.8 Å². The van der Waals surface area contributed by atoms with Gasteiger partial charge < -0.3 is 20.9 Å². The summed E-state index contributed by atoms with van der Waals surface area (Å²) in [6.07, 6.45) is 2.67. The fraction of sp³-hybridized carbons (Fsp3) is 0.467. The highest BCUT2D eigenvalue weighted by Crippen LogP contribution is 2.26. The van der Waals surface area contributed by atoms with E-state index in [-0.39, 0.29) is 18.6 Å². The molecule has 1 heterocycles. The number of nitrogens with two attached hydrogens (primary N) is 1. The van der Waals surface area contributed by atoms with Gasteiger partial charge in [0.1, 0.15) is 11.6 Å². The van der Waals surface area contributed by atoms with E-state index in [4.69, 9.17) is 15.6 Å². The minimum atomic E-state index is 0.143. The van der Waals surface area contributed by atoms with Gasteiger partial charge in [-0.25, -0.2) is 4.98 Å². The molecule has 0 spiro atoms. The number of rotatable bonds is 7. The Balaban J connectivity index is 2.37. The van der Waals surface area contributed by atoms with Crippen LogP contribution in [0, 0.1) is 0 Å². The number of nitrogens with one attached hydrogen (secondary N) is 1. The lowest BCUT2D eigenvalue weighted by Crippen LogP contribution is -2.22. The number of hydrogen-bond acceptors (Lipinski definition) is 6. The fourth-order valence-electron chi connectivity index (χ4n) is 2.35. The lowest BCUT2D eigenvalue weighted by atomic mass is 10.1. The maximum atomic E-state index is 9.16. The van der Waals surface area contributed by atoms with Crippen molar-refractivity contribution in [3.63, 3.8) is 0 Å². The molecular weight excluding hydrogens is 268 g/mol. The van der Waals surface area contributed by atoms with Gasteiger partial charge >= 0.3 is 0 Å². The summed E-state index contributed by atoms with van der Waals surface area (Å²) in [5.74, 6) is 1.65. The van der Waals surface area contributed by atoms with Gasteiger partial charge in [0, 0.05) is 24.1 Å². The van der Waals surface area contributed by atoms with Gasteiger partial charge in [0.15, 0.2) is 0 Å². The van der Waals surface area contributed by atoms with E-state index in [0.717, 1.165) is 29.5 Å². The molecule has 2 aromatic rings. The van der Waals surface area contributed by atoms with Crippen LogP contribution in [-0.4, -0.2) is 34.8 Å². The Hall–Kier alpha value is -2.08. The molecule has 6 nitrogen and oxygen atoms in total. The summed E-state index contributed by atoms with van der Waals surface area (Å²) in [6, 6.07) is 5.78. The van der Waals surface area contributed by atoms with Crippen LogP contribution in [0.15, 0.2) is 18.2 Å². The number of hydrogen-bond donors (Lipinski definition) is 3. The molecule has 0 aliphatic carbocycles. The van der Waals surface area contributed by atoms with Crippen molar-refractivity contribution in [2.24, 2.45) is 0 Å². The lowest BCUT2D eigenvalue weighted by Gasteiger charge is -2.19. The minimum Gasteiger partial charge on any atom is -0.497 e. The molecule has 0 aliphatic rings. The molecule has 0 bridgehead atoms. The molecule has 4 N–H and O–H groups in total. The zero-order valence-electron chi connectivity index (χ0n) is 12.5. The van der Waals surface area contributed by atoms with Crippen LogP contribution in [0.25, 0.3) is 10.9 Å². The van der Waals surface area contributed by atoms with Crippen molar-refractivity contribution in [3.8, 4) is 5.75 Å². The smallest absolute Gasteiger partial charge is 0.222 e. The first-order chi connectivity index (χ1) is 10.2. The first-order valence-corrected chi connectivity index (χ1v) is 7.16. The van der Waals surface area contributed by atoms with Crippen LogP contribution in [0.4, 0.5) is 11.8 Å². The Morgan fingerprint density at radius 3 is 2.81 bits per heavy atom. The predicted molar refractivity (Wildman–Crippen MR) is 84.5 cm³/mol. The maximum Gasteiger partial charge on any atom is 0.222 e. The van der Waals surface area contributed by atoms with Gasteiger partial charge in [-0.2, -0.15) is 4.98 Å². The van der Waals surface area contributed by atoms with Crippen LogP contribution in [0.2, 0.25) is 0 Å². The van der Waals surface area contributed by atoms with Gasteiger partial charge in [-0.3, -0.25) is 0 Å². The number of fused-ring (bicyclic) bond motifs is 1. The van der Waals surface area contributed by atoms with Gasteiger partial charge in [0.25, 0.3) is 0 Å². The van der Waals surface area contributed by atoms with E-state index in [1.54, 1.807) is 7.11 Å². The standard InChI is InChI=1S/C15H22N4O2/c1-3-4-10(7-8-20)17-14-12-6-5-11(21-2)9-13(12)18-15(16)19-14/h5-6,9-10,20H,3-4,7-8H2,1-2H3,(H3,16,17,18,19). The Morgan fingerprint density at radius 2 is 2.14 bits per heavy atom. The molecule has 1 unspecified atom stereocenters. The van der Waals surface area contributed by atoms with Gasteiger partial charge in [-0.15, -0.1) is 0 Å². The average Bonchev–Trinajstić information content (AvgIpc) is 2.46. The van der Waals surface area contributed by atoms with Crippen LogP contribution in [0.1, 0.15) is 26.2 Å². The van der Waals surface area contributed by atoms with Gasteiger partial charge in [-0.05, 0) is 25.0 Å². The Labute approximate surface area is 124 Å². The number of nitrogen functional groups attached to an aromatic ring is 1. The number of anilines is 2. The molecule has 1 aromatic heterocycles. The van der Waals surface area contributed by atoms with Crippen molar-refractivity contribution in [1.29, 1.82) is 0 Å². The summed E-state index contributed by atoms with van der Waals surface area (Å²) >= 11 is 0. The summed E-state index contributed by atoms with van der Waals surface area (Å²) in [6.45, 7) is 2.26. The molecule has 21 heavy (non-hydrogen) atoms. The van der Waals surface area contributed by atoms with E-state index in [9.17, 15) is 0 Å². The number of methoxy groups -OCH3 is 1. The molecule has 0 saturated heterocycles. The number of aliphatic hydroxyl groups excluding tert-OH is 1. The molecule has 2 rings (SSSR count). The van der Waals surface area contributed by atoms with Gasteiger partial charge in [0.2, 0.25) is 5.95 Å². The minimum absolute atomic E-state index is 0.143. The van der Waals surface area contributed by atoms with Crippen molar-refractivity contribution >= 4 is 22.7 Å². The first-order valence-electron chi connectivity index (χ1n) is 7.16. The highest BCUT2D eigenvalue weighted by atomic mass is 16.5. The highest BCUT2D eigenvalue weighted by molar-refractivity contribution is 5.91. The van der Waals surface area contributed by atoms with E-state index in [2.05, 4.69) is 22.2 Å². The zero-order valence-corrected chi connectivity index (χ0v) is 12.5. The summed E-state index contributed by atoms with van der Waals surface area (Å²) in [4.78, 5) is 8.54. The Kier molecular flexibility index (Phi) is 5.16. The van der Waals surface area contributed by atoms with Crippen molar-refractivity contribution in [2.75, 3.05) is 24.8 Å². The highest BCUT2D eigenvalue weighted by Gasteiger charge is 2.12. The molecule has 0 amide bonds. The molecule has 0 fully saturated rings. The van der Waals surface area contributed by atoms with Crippen LogP contribution in [-0.2, 0) is 0 Å². The summed E-state index contributed by atoms with van der Waals surface area (Å²) in [5.41, 5.74) is 6.53. The second-order valence-electron chi connectivity index (χ2n) is 4.96. The van der Waals surface area contributed by atoms with Crippen LogP contribution in [0.3, 0.4) is 0 Å². The fourth-order valence-corrected chi connectivity index (χ4v) is 2.35. The van der Waals surface area contributed by atoms with E-state index >= 15 is 0 Å². The third-order valence-corrected chi connectivity index (χ3v) is 3.38. The molecule has 0 radical (unpaired) electrons. The third kappa shape index (κ3) is 3.72. The molecule has 1 atom stereocenters. The number of benzene rings is 1. The molecule has 1 aromatic carbocycles. The van der Waals surface area contributed by atoms with Gasteiger partial charge in [-0.1, -0.05) is 13.3 Å².